The van der Waals surface area contributed by atoms with E-state index in [4.69, 9.17) is 9.26 Å². The molecule has 0 amide bonds. The average molecular weight is 391 g/mol. The Balaban J connectivity index is 1.80. The van der Waals surface area contributed by atoms with E-state index < -0.39 is 13.7 Å². The summed E-state index contributed by atoms with van der Waals surface area (Å²) in [4.78, 5) is 20.9. The van der Waals surface area contributed by atoms with E-state index in [9.17, 15) is 14.3 Å². The Labute approximate surface area is 159 Å². The maximum absolute atomic E-state index is 11.7. The standard InChI is InChI=1S/C20H39O5P/c1-2-3-4-5-6-7-8-9-10-11-12-13-14-15-20(21)24-18-19-16-17-26(22,23)25-19/h19H,2-18H2,1H3,(H,22,23)/t19-/m1/s1. The minimum atomic E-state index is -3.40. The average Bonchev–Trinajstić information content (AvgIpc) is 2.96. The number of hydrogen-bond donors (Lipinski definition) is 1. The minimum Gasteiger partial charge on any atom is -0.463 e. The van der Waals surface area contributed by atoms with Crippen LogP contribution < -0.4 is 0 Å². The van der Waals surface area contributed by atoms with E-state index in [0.717, 1.165) is 12.8 Å². The van der Waals surface area contributed by atoms with Crippen LogP contribution >= 0.6 is 7.60 Å². The molecule has 1 N–H and O–H groups in total. The number of ether oxygens (including phenoxy) is 1. The van der Waals surface area contributed by atoms with Crippen molar-refractivity contribution in [3.8, 4) is 0 Å². The topological polar surface area (TPSA) is 72.8 Å². The number of carbonyl (C=O) groups is 1. The van der Waals surface area contributed by atoms with Gasteiger partial charge in [-0.3, -0.25) is 9.36 Å². The third-order valence-corrected chi connectivity index (χ3v) is 6.41. The summed E-state index contributed by atoms with van der Waals surface area (Å²) in [6.07, 6.45) is 17.3. The van der Waals surface area contributed by atoms with Gasteiger partial charge >= 0.3 is 13.6 Å². The molecule has 1 rings (SSSR count). The molecule has 0 aliphatic carbocycles. The molecule has 5 nitrogen and oxygen atoms in total. The molecule has 6 heteroatoms. The van der Waals surface area contributed by atoms with E-state index >= 15 is 0 Å². The zero-order chi connectivity index (χ0) is 19.1. The molecule has 0 aromatic heterocycles. The Hall–Kier alpha value is -0.380. The molecule has 0 spiro atoms. The largest absolute Gasteiger partial charge is 0.463 e. The van der Waals surface area contributed by atoms with E-state index in [2.05, 4.69) is 6.92 Å². The zero-order valence-electron chi connectivity index (χ0n) is 16.6. The third-order valence-electron chi connectivity index (χ3n) is 4.96. The van der Waals surface area contributed by atoms with Crippen molar-refractivity contribution >= 4 is 13.6 Å². The highest BCUT2D eigenvalue weighted by atomic mass is 31.2. The molecule has 0 aromatic rings. The Bertz CT molecular complexity index is 413. The second kappa shape index (κ2) is 14.6. The van der Waals surface area contributed by atoms with Crippen molar-refractivity contribution < 1.29 is 23.5 Å². The van der Waals surface area contributed by atoms with E-state index in [-0.39, 0.29) is 18.7 Å². The highest BCUT2D eigenvalue weighted by molar-refractivity contribution is 7.53. The first kappa shape index (κ1) is 23.7. The van der Waals surface area contributed by atoms with Crippen molar-refractivity contribution in [1.29, 1.82) is 0 Å². The summed E-state index contributed by atoms with van der Waals surface area (Å²) in [6.45, 7) is 2.35. The van der Waals surface area contributed by atoms with Crippen LogP contribution in [0.3, 0.4) is 0 Å². The van der Waals surface area contributed by atoms with Crippen molar-refractivity contribution in [2.24, 2.45) is 0 Å². The van der Waals surface area contributed by atoms with Crippen LogP contribution in [-0.2, 0) is 18.6 Å². The summed E-state index contributed by atoms with van der Waals surface area (Å²) in [5.41, 5.74) is 0. The summed E-state index contributed by atoms with van der Waals surface area (Å²) in [7, 11) is -3.40. The van der Waals surface area contributed by atoms with Gasteiger partial charge in [0.1, 0.15) is 12.7 Å². The quantitative estimate of drug-likeness (QED) is 0.199. The lowest BCUT2D eigenvalue weighted by Crippen LogP contribution is -2.17. The smallest absolute Gasteiger partial charge is 0.328 e. The molecule has 1 aliphatic heterocycles. The summed E-state index contributed by atoms with van der Waals surface area (Å²) < 4.78 is 21.4. The van der Waals surface area contributed by atoms with Gasteiger partial charge < -0.3 is 14.2 Å². The van der Waals surface area contributed by atoms with Crippen molar-refractivity contribution in [3.63, 3.8) is 0 Å². The first-order chi connectivity index (χ1) is 12.5. The molecule has 0 radical (unpaired) electrons. The van der Waals surface area contributed by atoms with Crippen molar-refractivity contribution in [3.05, 3.63) is 0 Å². The van der Waals surface area contributed by atoms with Crippen LogP contribution in [0, 0.1) is 0 Å². The number of esters is 1. The molecule has 2 atom stereocenters. The van der Waals surface area contributed by atoms with Crippen LogP contribution in [0.5, 0.6) is 0 Å². The van der Waals surface area contributed by atoms with Crippen molar-refractivity contribution in [2.75, 3.05) is 12.8 Å². The molecule has 1 fully saturated rings. The van der Waals surface area contributed by atoms with E-state index in [1.807, 2.05) is 0 Å². The monoisotopic (exact) mass is 390 g/mol. The van der Waals surface area contributed by atoms with Crippen LogP contribution in [-0.4, -0.2) is 29.7 Å². The molecule has 0 bridgehead atoms. The fraction of sp³-hybridized carbons (Fsp3) is 0.950. The van der Waals surface area contributed by atoms with Gasteiger partial charge in [0.05, 0.1) is 6.16 Å². The summed E-state index contributed by atoms with van der Waals surface area (Å²) in [5.74, 6) is -0.226. The predicted octanol–water partition coefficient (Wildman–Crippen LogP) is 5.99. The normalized spacial score (nSPS) is 22.6. The Morgan fingerprint density at radius 1 is 0.962 bits per heavy atom. The lowest BCUT2D eigenvalue weighted by molar-refractivity contribution is -0.146. The van der Waals surface area contributed by atoms with Gasteiger partial charge in [0, 0.05) is 6.42 Å². The highest BCUT2D eigenvalue weighted by Gasteiger charge is 2.33. The van der Waals surface area contributed by atoms with Gasteiger partial charge in [-0.2, -0.15) is 0 Å². The lowest BCUT2D eigenvalue weighted by atomic mass is 10.0. The molecule has 1 unspecified atom stereocenters. The molecule has 26 heavy (non-hydrogen) atoms. The highest BCUT2D eigenvalue weighted by Crippen LogP contribution is 2.50. The molecule has 1 saturated heterocycles. The van der Waals surface area contributed by atoms with Gasteiger partial charge in [-0.05, 0) is 12.8 Å². The third kappa shape index (κ3) is 12.9. The van der Waals surface area contributed by atoms with E-state index in [1.54, 1.807) is 0 Å². The number of rotatable bonds is 16. The first-order valence-corrected chi connectivity index (χ1v) is 12.5. The van der Waals surface area contributed by atoms with Gasteiger partial charge in [0.2, 0.25) is 0 Å². The van der Waals surface area contributed by atoms with Crippen LogP contribution in [0.25, 0.3) is 0 Å². The molecule has 1 heterocycles. The van der Waals surface area contributed by atoms with Gasteiger partial charge in [0.15, 0.2) is 0 Å². The van der Waals surface area contributed by atoms with Gasteiger partial charge in [-0.15, -0.1) is 0 Å². The maximum atomic E-state index is 11.7. The molecule has 0 aromatic carbocycles. The number of unbranched alkanes of at least 4 members (excludes halogenated alkanes) is 12. The Kier molecular flexibility index (Phi) is 13.3. The second-order valence-corrected chi connectivity index (χ2v) is 9.49. The molecular formula is C20H39O5P. The van der Waals surface area contributed by atoms with Crippen LogP contribution in [0.15, 0.2) is 0 Å². The first-order valence-electron chi connectivity index (χ1n) is 10.7. The molecule has 1 aliphatic rings. The number of hydrogen-bond acceptors (Lipinski definition) is 4. The number of carbonyl (C=O) groups excluding carboxylic acids is 1. The van der Waals surface area contributed by atoms with Gasteiger partial charge in [-0.25, -0.2) is 0 Å². The Morgan fingerprint density at radius 2 is 1.46 bits per heavy atom. The summed E-state index contributed by atoms with van der Waals surface area (Å²) in [6, 6.07) is 0. The minimum absolute atomic E-state index is 0.0990. The van der Waals surface area contributed by atoms with Crippen LogP contribution in [0.2, 0.25) is 0 Å². The second-order valence-electron chi connectivity index (χ2n) is 7.55. The lowest BCUT2D eigenvalue weighted by Gasteiger charge is -2.10. The molecular weight excluding hydrogens is 351 g/mol. The van der Waals surface area contributed by atoms with Crippen LogP contribution in [0.4, 0.5) is 0 Å². The predicted molar refractivity (Wildman–Crippen MR) is 105 cm³/mol. The van der Waals surface area contributed by atoms with E-state index in [0.29, 0.717) is 12.8 Å². The fourth-order valence-corrected chi connectivity index (χ4v) is 4.66. The zero-order valence-corrected chi connectivity index (χ0v) is 17.5. The fourth-order valence-electron chi connectivity index (χ4n) is 3.30. The summed E-state index contributed by atoms with van der Waals surface area (Å²) >= 11 is 0. The maximum Gasteiger partial charge on any atom is 0.328 e. The van der Waals surface area contributed by atoms with Gasteiger partial charge in [0.25, 0.3) is 0 Å². The Morgan fingerprint density at radius 3 is 1.92 bits per heavy atom. The van der Waals surface area contributed by atoms with E-state index in [1.165, 1.54) is 70.6 Å². The van der Waals surface area contributed by atoms with Gasteiger partial charge in [-0.1, -0.05) is 84.0 Å². The SMILES string of the molecule is CCCCCCCCCCCCCCCC(=O)OC[C@H]1CCP(=O)(O)O1. The van der Waals surface area contributed by atoms with Crippen molar-refractivity contribution in [2.45, 2.75) is 109 Å². The summed E-state index contributed by atoms with van der Waals surface area (Å²) in [5, 5.41) is 0. The molecule has 154 valence electrons. The molecule has 0 saturated carbocycles. The van der Waals surface area contributed by atoms with Crippen LogP contribution in [0.1, 0.15) is 103 Å². The van der Waals surface area contributed by atoms with Crippen molar-refractivity contribution in [1.82, 2.24) is 0 Å².